The number of para-hydroxylation sites is 1. The summed E-state index contributed by atoms with van der Waals surface area (Å²) in [5.74, 6) is -1.17. The molecule has 0 saturated heterocycles. The lowest BCUT2D eigenvalue weighted by atomic mass is 9.98. The Hall–Kier alpha value is -2.33. The zero-order valence-electron chi connectivity index (χ0n) is 14.2. The summed E-state index contributed by atoms with van der Waals surface area (Å²) in [6, 6.07) is 10.9. The molecule has 0 saturated carbocycles. The van der Waals surface area contributed by atoms with Crippen LogP contribution in [0.15, 0.2) is 36.4 Å². The zero-order valence-corrected chi connectivity index (χ0v) is 15.0. The number of hydrogen-bond acceptors (Lipinski definition) is 2. The second kappa shape index (κ2) is 7.49. The van der Waals surface area contributed by atoms with Gasteiger partial charge in [0, 0.05) is 16.4 Å². The summed E-state index contributed by atoms with van der Waals surface area (Å²) in [7, 11) is 0. The van der Waals surface area contributed by atoms with E-state index >= 15 is 0 Å². The molecule has 0 fully saturated rings. The highest BCUT2D eigenvalue weighted by atomic mass is 35.5. The minimum absolute atomic E-state index is 0.238. The van der Waals surface area contributed by atoms with E-state index in [4.69, 9.17) is 11.6 Å². The highest BCUT2D eigenvalue weighted by Gasteiger charge is 2.18. The third kappa shape index (κ3) is 4.15. The van der Waals surface area contributed by atoms with Crippen molar-refractivity contribution in [2.45, 2.75) is 33.6 Å². The fraction of sp³-hybridized carbons (Fsp3) is 0.263. The average molecular weight is 345 g/mol. The van der Waals surface area contributed by atoms with Gasteiger partial charge >= 0.3 is 11.8 Å². The summed E-state index contributed by atoms with van der Waals surface area (Å²) < 4.78 is 0. The van der Waals surface area contributed by atoms with Gasteiger partial charge in [-0.05, 0) is 54.7 Å². The Kier molecular flexibility index (Phi) is 5.62. The maximum Gasteiger partial charge on any atom is 0.314 e. The summed E-state index contributed by atoms with van der Waals surface area (Å²) in [6.45, 7) is 7.81. The van der Waals surface area contributed by atoms with Crippen LogP contribution in [-0.4, -0.2) is 11.8 Å². The van der Waals surface area contributed by atoms with E-state index < -0.39 is 11.8 Å². The lowest BCUT2D eigenvalue weighted by Gasteiger charge is -2.16. The van der Waals surface area contributed by atoms with E-state index in [1.165, 1.54) is 0 Å². The molecule has 24 heavy (non-hydrogen) atoms. The molecular weight excluding hydrogens is 324 g/mol. The normalized spacial score (nSPS) is 10.6. The van der Waals surface area contributed by atoms with Crippen molar-refractivity contribution in [2.24, 2.45) is 0 Å². The molecule has 0 atom stereocenters. The van der Waals surface area contributed by atoms with E-state index in [1.54, 1.807) is 18.2 Å². The number of aryl methyl sites for hydroxylation is 2. The standard InChI is InChI=1S/C19H21ClN2O2/c1-11(2)15-7-5-6-12(3)17(15)22-19(24)18(23)21-16-9-8-14(20)10-13(16)4/h5-11H,1-4H3,(H,21,23)(H,22,24). The van der Waals surface area contributed by atoms with E-state index in [0.29, 0.717) is 16.4 Å². The summed E-state index contributed by atoms with van der Waals surface area (Å²) in [5.41, 5.74) is 3.97. The van der Waals surface area contributed by atoms with E-state index in [0.717, 1.165) is 16.7 Å². The van der Waals surface area contributed by atoms with Crippen molar-refractivity contribution in [1.82, 2.24) is 0 Å². The number of carbonyl (C=O) groups is 2. The van der Waals surface area contributed by atoms with Crippen molar-refractivity contribution in [3.05, 3.63) is 58.1 Å². The van der Waals surface area contributed by atoms with Crippen molar-refractivity contribution in [1.29, 1.82) is 0 Å². The first kappa shape index (κ1) is 18.0. The van der Waals surface area contributed by atoms with Gasteiger partial charge < -0.3 is 10.6 Å². The largest absolute Gasteiger partial charge is 0.318 e. The third-order valence-electron chi connectivity index (χ3n) is 3.81. The van der Waals surface area contributed by atoms with E-state index in [-0.39, 0.29) is 5.92 Å². The Balaban J connectivity index is 2.17. The Bertz CT molecular complexity index is 785. The van der Waals surface area contributed by atoms with Crippen LogP contribution in [-0.2, 0) is 9.59 Å². The summed E-state index contributed by atoms with van der Waals surface area (Å²) >= 11 is 5.90. The van der Waals surface area contributed by atoms with Crippen LogP contribution in [0.25, 0.3) is 0 Å². The van der Waals surface area contributed by atoms with Gasteiger partial charge in [0.05, 0.1) is 0 Å². The van der Waals surface area contributed by atoms with Gasteiger partial charge in [-0.3, -0.25) is 9.59 Å². The highest BCUT2D eigenvalue weighted by Crippen LogP contribution is 2.27. The van der Waals surface area contributed by atoms with Gasteiger partial charge in [0.2, 0.25) is 0 Å². The monoisotopic (exact) mass is 344 g/mol. The first-order valence-corrected chi connectivity index (χ1v) is 8.15. The summed E-state index contributed by atoms with van der Waals surface area (Å²) in [4.78, 5) is 24.5. The fourth-order valence-corrected chi connectivity index (χ4v) is 2.69. The molecule has 0 aromatic heterocycles. The lowest BCUT2D eigenvalue weighted by Crippen LogP contribution is -2.30. The fourth-order valence-electron chi connectivity index (χ4n) is 2.46. The van der Waals surface area contributed by atoms with Gasteiger partial charge in [-0.25, -0.2) is 0 Å². The number of hydrogen-bond donors (Lipinski definition) is 2. The number of carbonyl (C=O) groups excluding carboxylic acids is 2. The van der Waals surface area contributed by atoms with Crippen LogP contribution in [0.1, 0.15) is 36.5 Å². The number of nitrogens with one attached hydrogen (secondary N) is 2. The van der Waals surface area contributed by atoms with Crippen molar-refractivity contribution in [3.63, 3.8) is 0 Å². The van der Waals surface area contributed by atoms with E-state index in [9.17, 15) is 9.59 Å². The van der Waals surface area contributed by atoms with Crippen LogP contribution in [0.5, 0.6) is 0 Å². The SMILES string of the molecule is Cc1cc(Cl)ccc1NC(=O)C(=O)Nc1c(C)cccc1C(C)C. The first-order chi connectivity index (χ1) is 11.3. The van der Waals surface area contributed by atoms with Crippen LogP contribution in [0.3, 0.4) is 0 Å². The van der Waals surface area contributed by atoms with Gasteiger partial charge in [0.1, 0.15) is 0 Å². The molecule has 5 heteroatoms. The molecule has 2 aromatic rings. The number of halogens is 1. The molecule has 126 valence electrons. The third-order valence-corrected chi connectivity index (χ3v) is 4.04. The minimum atomic E-state index is -0.710. The molecular formula is C19H21ClN2O2. The molecule has 2 amide bonds. The Morgan fingerprint density at radius 1 is 0.958 bits per heavy atom. The molecule has 0 aliphatic rings. The maximum atomic E-state index is 12.3. The molecule has 0 spiro atoms. The van der Waals surface area contributed by atoms with Crippen LogP contribution in [0, 0.1) is 13.8 Å². The Morgan fingerprint density at radius 3 is 2.25 bits per heavy atom. The number of rotatable bonds is 3. The molecule has 2 N–H and O–H groups in total. The predicted octanol–water partition coefficient (Wildman–Crippen LogP) is 4.66. The van der Waals surface area contributed by atoms with Crippen LogP contribution >= 0.6 is 11.6 Å². The topological polar surface area (TPSA) is 58.2 Å². The van der Waals surface area contributed by atoms with Gasteiger partial charge in [-0.2, -0.15) is 0 Å². The Morgan fingerprint density at radius 2 is 1.62 bits per heavy atom. The van der Waals surface area contributed by atoms with Gasteiger partial charge in [0.15, 0.2) is 0 Å². The Labute approximate surface area is 147 Å². The second-order valence-electron chi connectivity index (χ2n) is 6.06. The molecule has 2 aromatic carbocycles. The highest BCUT2D eigenvalue weighted by molar-refractivity contribution is 6.44. The molecule has 4 nitrogen and oxygen atoms in total. The minimum Gasteiger partial charge on any atom is -0.318 e. The van der Waals surface area contributed by atoms with Crippen molar-refractivity contribution >= 4 is 34.8 Å². The summed E-state index contributed by atoms with van der Waals surface area (Å²) in [6.07, 6.45) is 0. The van der Waals surface area contributed by atoms with Gasteiger partial charge in [0.25, 0.3) is 0 Å². The van der Waals surface area contributed by atoms with E-state index in [1.807, 2.05) is 45.9 Å². The lowest BCUT2D eigenvalue weighted by molar-refractivity contribution is -0.133. The van der Waals surface area contributed by atoms with Crippen molar-refractivity contribution in [2.75, 3.05) is 10.6 Å². The van der Waals surface area contributed by atoms with Gasteiger partial charge in [-0.15, -0.1) is 0 Å². The van der Waals surface area contributed by atoms with Gasteiger partial charge in [-0.1, -0.05) is 43.6 Å². The second-order valence-corrected chi connectivity index (χ2v) is 6.50. The van der Waals surface area contributed by atoms with Crippen LogP contribution in [0.2, 0.25) is 5.02 Å². The molecule has 0 heterocycles. The quantitative estimate of drug-likeness (QED) is 0.796. The van der Waals surface area contributed by atoms with E-state index in [2.05, 4.69) is 10.6 Å². The molecule has 0 radical (unpaired) electrons. The van der Waals surface area contributed by atoms with Crippen LogP contribution in [0.4, 0.5) is 11.4 Å². The molecule has 0 bridgehead atoms. The smallest absolute Gasteiger partial charge is 0.314 e. The molecule has 0 aliphatic carbocycles. The summed E-state index contributed by atoms with van der Waals surface area (Å²) in [5, 5.41) is 5.93. The zero-order chi connectivity index (χ0) is 17.9. The molecule has 0 aliphatic heterocycles. The van der Waals surface area contributed by atoms with Crippen LogP contribution < -0.4 is 10.6 Å². The number of benzene rings is 2. The van der Waals surface area contributed by atoms with Crippen molar-refractivity contribution in [3.8, 4) is 0 Å². The number of amides is 2. The van der Waals surface area contributed by atoms with Crippen molar-refractivity contribution < 1.29 is 9.59 Å². The molecule has 0 unspecified atom stereocenters. The first-order valence-electron chi connectivity index (χ1n) is 7.77. The average Bonchev–Trinajstić information content (AvgIpc) is 2.51. The molecule has 2 rings (SSSR count). The number of anilines is 2. The maximum absolute atomic E-state index is 12.3. The predicted molar refractivity (Wildman–Crippen MR) is 98.7 cm³/mol.